The van der Waals surface area contributed by atoms with E-state index in [0.29, 0.717) is 23.4 Å². The van der Waals surface area contributed by atoms with Crippen molar-refractivity contribution in [1.82, 2.24) is 19.7 Å². The van der Waals surface area contributed by atoms with E-state index in [0.717, 1.165) is 35.4 Å². The number of halogens is 1. The molecule has 0 radical (unpaired) electrons. The summed E-state index contributed by atoms with van der Waals surface area (Å²) in [5.41, 5.74) is 10.5. The summed E-state index contributed by atoms with van der Waals surface area (Å²) in [6.07, 6.45) is 3.01. The van der Waals surface area contributed by atoms with E-state index in [1.807, 2.05) is 29.6 Å². The van der Waals surface area contributed by atoms with Gasteiger partial charge in [-0.25, -0.2) is 9.37 Å². The minimum atomic E-state index is -0.594. The van der Waals surface area contributed by atoms with E-state index < -0.39 is 11.9 Å². The zero-order chi connectivity index (χ0) is 21.9. The SMILES string of the molecule is Cc1nn(C)c2c1-c1cnc(N)c(c1)OC(C)c1cc(F)ccc1C(=O)N(C1CC1)C2. The molecule has 1 amide bonds. The highest BCUT2D eigenvalue weighted by Gasteiger charge is 2.36. The Bertz CT molecular complexity index is 1200. The summed E-state index contributed by atoms with van der Waals surface area (Å²) in [6.45, 7) is 4.12. The third-order valence-electron chi connectivity index (χ3n) is 6.07. The van der Waals surface area contributed by atoms with Crippen molar-refractivity contribution in [3.05, 3.63) is 58.8 Å². The molecule has 1 aromatic carbocycles. The van der Waals surface area contributed by atoms with Crippen LogP contribution in [-0.4, -0.2) is 31.6 Å². The van der Waals surface area contributed by atoms with Crippen LogP contribution in [0.15, 0.2) is 30.5 Å². The maximum absolute atomic E-state index is 14.1. The van der Waals surface area contributed by atoms with Crippen molar-refractivity contribution >= 4 is 11.7 Å². The Morgan fingerprint density at radius 2 is 2.03 bits per heavy atom. The Labute approximate surface area is 179 Å². The number of fused-ring (bicyclic) bond motifs is 5. The van der Waals surface area contributed by atoms with Crippen LogP contribution in [0.5, 0.6) is 5.75 Å². The van der Waals surface area contributed by atoms with E-state index in [1.165, 1.54) is 12.1 Å². The zero-order valence-corrected chi connectivity index (χ0v) is 17.7. The van der Waals surface area contributed by atoms with Gasteiger partial charge in [-0.05, 0) is 51.0 Å². The van der Waals surface area contributed by atoms with E-state index in [9.17, 15) is 9.18 Å². The molecule has 1 atom stereocenters. The molecule has 1 aliphatic carbocycles. The lowest BCUT2D eigenvalue weighted by atomic mass is 10.00. The van der Waals surface area contributed by atoms with Crippen LogP contribution in [0.25, 0.3) is 11.1 Å². The van der Waals surface area contributed by atoms with Crippen molar-refractivity contribution < 1.29 is 13.9 Å². The summed E-state index contributed by atoms with van der Waals surface area (Å²) in [5.74, 6) is 0.0747. The highest BCUT2D eigenvalue weighted by atomic mass is 19.1. The number of carbonyl (C=O) groups is 1. The molecule has 2 bridgehead atoms. The van der Waals surface area contributed by atoms with Gasteiger partial charge in [0.15, 0.2) is 11.6 Å². The third-order valence-corrected chi connectivity index (χ3v) is 6.07. The van der Waals surface area contributed by atoms with Crippen LogP contribution in [0.2, 0.25) is 0 Å². The van der Waals surface area contributed by atoms with Gasteiger partial charge in [-0.2, -0.15) is 5.10 Å². The Kier molecular flexibility index (Phi) is 4.46. The molecule has 1 fully saturated rings. The lowest BCUT2D eigenvalue weighted by Crippen LogP contribution is -2.34. The van der Waals surface area contributed by atoms with Gasteiger partial charge in [0.2, 0.25) is 0 Å². The number of nitrogens with two attached hydrogens (primary N) is 1. The quantitative estimate of drug-likeness (QED) is 0.646. The van der Waals surface area contributed by atoms with E-state index in [4.69, 9.17) is 10.5 Å². The molecule has 3 heterocycles. The number of pyridine rings is 1. The molecule has 3 aromatic rings. The number of aromatic nitrogens is 3. The molecule has 2 aromatic heterocycles. The molecule has 1 unspecified atom stereocenters. The molecule has 1 aliphatic heterocycles. The predicted octanol–water partition coefficient (Wildman–Crippen LogP) is 3.77. The molecule has 5 rings (SSSR count). The van der Waals surface area contributed by atoms with Gasteiger partial charge < -0.3 is 15.4 Å². The Balaban J connectivity index is 1.75. The second kappa shape index (κ2) is 7.08. The second-order valence-electron chi connectivity index (χ2n) is 8.29. The molecule has 7 nitrogen and oxygen atoms in total. The highest BCUT2D eigenvalue weighted by molar-refractivity contribution is 5.96. The zero-order valence-electron chi connectivity index (χ0n) is 17.7. The topological polar surface area (TPSA) is 86.3 Å². The van der Waals surface area contributed by atoms with Gasteiger partial charge >= 0.3 is 0 Å². The molecular weight excluding hydrogens is 397 g/mol. The van der Waals surface area contributed by atoms with Crippen molar-refractivity contribution in [2.24, 2.45) is 7.05 Å². The fraction of sp³-hybridized carbons (Fsp3) is 0.348. The number of hydrogen-bond acceptors (Lipinski definition) is 5. The van der Waals surface area contributed by atoms with Crippen LogP contribution >= 0.6 is 0 Å². The van der Waals surface area contributed by atoms with Crippen molar-refractivity contribution in [2.75, 3.05) is 5.73 Å². The standard InChI is InChI=1S/C23H24FN5O2/c1-12-21-14-8-20(22(25)26-10-14)31-13(2)18-9-15(24)4-7-17(18)23(30)29(16-5-6-16)11-19(21)28(3)27-12/h4,7-10,13,16H,5-6,11H2,1-3H3,(H2,25,26). The summed E-state index contributed by atoms with van der Waals surface area (Å²) < 4.78 is 22.1. The number of nitrogen functional groups attached to an aromatic ring is 1. The average Bonchev–Trinajstić information content (AvgIpc) is 3.52. The monoisotopic (exact) mass is 421 g/mol. The Morgan fingerprint density at radius 3 is 2.77 bits per heavy atom. The minimum Gasteiger partial charge on any atom is -0.482 e. The molecule has 0 spiro atoms. The fourth-order valence-corrected chi connectivity index (χ4v) is 4.34. The van der Waals surface area contributed by atoms with Gasteiger partial charge in [-0.3, -0.25) is 9.48 Å². The van der Waals surface area contributed by atoms with Crippen molar-refractivity contribution in [3.8, 4) is 16.9 Å². The highest BCUT2D eigenvalue weighted by Crippen LogP contribution is 2.38. The maximum atomic E-state index is 14.1. The van der Waals surface area contributed by atoms with Crippen LogP contribution in [-0.2, 0) is 13.6 Å². The fourth-order valence-electron chi connectivity index (χ4n) is 4.34. The summed E-state index contributed by atoms with van der Waals surface area (Å²) in [5, 5.41) is 4.60. The van der Waals surface area contributed by atoms with Crippen LogP contribution in [0.3, 0.4) is 0 Å². The number of aryl methyl sites for hydroxylation is 2. The van der Waals surface area contributed by atoms with Gasteiger partial charge in [0.25, 0.3) is 5.91 Å². The van der Waals surface area contributed by atoms with Gasteiger partial charge in [0.1, 0.15) is 11.9 Å². The van der Waals surface area contributed by atoms with Crippen molar-refractivity contribution in [2.45, 2.75) is 45.4 Å². The first-order valence-corrected chi connectivity index (χ1v) is 10.4. The first kappa shape index (κ1) is 19.5. The maximum Gasteiger partial charge on any atom is 0.254 e. The second-order valence-corrected chi connectivity index (χ2v) is 8.29. The number of carbonyl (C=O) groups excluding carboxylic acids is 1. The normalized spacial score (nSPS) is 18.5. The van der Waals surface area contributed by atoms with E-state index in [2.05, 4.69) is 10.1 Å². The van der Waals surface area contributed by atoms with Crippen LogP contribution < -0.4 is 10.5 Å². The molecule has 0 saturated heterocycles. The van der Waals surface area contributed by atoms with E-state index >= 15 is 0 Å². The van der Waals surface area contributed by atoms with Crippen molar-refractivity contribution in [3.63, 3.8) is 0 Å². The lowest BCUT2D eigenvalue weighted by Gasteiger charge is -2.27. The molecule has 160 valence electrons. The third kappa shape index (κ3) is 3.32. The van der Waals surface area contributed by atoms with Crippen LogP contribution in [0, 0.1) is 12.7 Å². The van der Waals surface area contributed by atoms with Gasteiger partial charge in [-0.15, -0.1) is 0 Å². The van der Waals surface area contributed by atoms with Gasteiger partial charge in [-0.1, -0.05) is 0 Å². The first-order chi connectivity index (χ1) is 14.8. The summed E-state index contributed by atoms with van der Waals surface area (Å²) >= 11 is 0. The van der Waals surface area contributed by atoms with Gasteiger partial charge in [0.05, 0.1) is 17.9 Å². The summed E-state index contributed by atoms with van der Waals surface area (Å²) in [4.78, 5) is 19.9. The molecular formula is C23H24FN5O2. The minimum absolute atomic E-state index is 0.131. The number of ether oxygens (including phenoxy) is 1. The molecule has 2 aliphatic rings. The lowest BCUT2D eigenvalue weighted by molar-refractivity contribution is 0.0721. The molecule has 1 saturated carbocycles. The smallest absolute Gasteiger partial charge is 0.254 e. The largest absolute Gasteiger partial charge is 0.482 e. The average molecular weight is 421 g/mol. The van der Waals surface area contributed by atoms with Crippen LogP contribution in [0.1, 0.15) is 53.2 Å². The van der Waals surface area contributed by atoms with E-state index in [1.54, 1.807) is 19.2 Å². The van der Waals surface area contributed by atoms with E-state index in [-0.39, 0.29) is 17.8 Å². The number of anilines is 1. The number of nitrogens with zero attached hydrogens (tertiary/aromatic N) is 4. The number of benzene rings is 1. The number of hydrogen-bond donors (Lipinski definition) is 1. The number of amides is 1. The summed E-state index contributed by atoms with van der Waals surface area (Å²) in [7, 11) is 1.88. The summed E-state index contributed by atoms with van der Waals surface area (Å²) in [6, 6.07) is 6.23. The van der Waals surface area contributed by atoms with Crippen LogP contribution in [0.4, 0.5) is 10.2 Å². The number of rotatable bonds is 1. The Hall–Kier alpha value is -3.42. The Morgan fingerprint density at radius 1 is 1.26 bits per heavy atom. The molecule has 31 heavy (non-hydrogen) atoms. The van der Waals surface area contributed by atoms with Gasteiger partial charge in [0, 0.05) is 41.5 Å². The first-order valence-electron chi connectivity index (χ1n) is 10.4. The predicted molar refractivity (Wildman–Crippen MR) is 114 cm³/mol. The van der Waals surface area contributed by atoms with Crippen molar-refractivity contribution in [1.29, 1.82) is 0 Å². The molecule has 2 N–H and O–H groups in total. The molecule has 8 heteroatoms.